The van der Waals surface area contributed by atoms with Gasteiger partial charge in [0.15, 0.2) is 0 Å². The second-order valence-corrected chi connectivity index (χ2v) is 5.84. The van der Waals surface area contributed by atoms with Gasteiger partial charge in [0.2, 0.25) is 0 Å². The normalized spacial score (nSPS) is 10.8. The van der Waals surface area contributed by atoms with Crippen LogP contribution >= 0.6 is 0 Å². The number of amides is 1. The van der Waals surface area contributed by atoms with Crippen LogP contribution in [0.15, 0.2) is 65.6 Å². The van der Waals surface area contributed by atoms with Crippen LogP contribution < -0.4 is 15.7 Å². The van der Waals surface area contributed by atoms with Gasteiger partial charge in [-0.15, -0.1) is 0 Å². The lowest BCUT2D eigenvalue weighted by molar-refractivity contribution is -0.112. The molecule has 3 rings (SSSR count). The number of pyridine rings is 1. The standard InChI is InChI=1S/C21H18N2O5/c1-27-15-10-7-14(8-11-15)9-12-19(24)22-23-13-18(21(26)28-2)16-5-3-4-6-17(16)20(23)25/h3-13H,1-2H3,(H,22,24). The van der Waals surface area contributed by atoms with Gasteiger partial charge in [-0.25, -0.2) is 9.47 Å². The van der Waals surface area contributed by atoms with Gasteiger partial charge in [0.1, 0.15) is 5.75 Å². The quantitative estimate of drug-likeness (QED) is 0.545. The predicted octanol–water partition coefficient (Wildman–Crippen LogP) is 2.58. The molecule has 0 aliphatic carbocycles. The minimum Gasteiger partial charge on any atom is -0.497 e. The molecule has 1 N–H and O–H groups in total. The van der Waals surface area contributed by atoms with Gasteiger partial charge in [0.05, 0.1) is 19.8 Å². The number of ether oxygens (including phenoxy) is 2. The zero-order chi connectivity index (χ0) is 20.1. The van der Waals surface area contributed by atoms with Crippen molar-refractivity contribution >= 4 is 28.7 Å². The molecule has 1 heterocycles. The van der Waals surface area contributed by atoms with Gasteiger partial charge in [-0.3, -0.25) is 15.0 Å². The Balaban J connectivity index is 1.89. The zero-order valence-electron chi connectivity index (χ0n) is 15.3. The van der Waals surface area contributed by atoms with Crippen molar-refractivity contribution in [2.24, 2.45) is 0 Å². The fourth-order valence-corrected chi connectivity index (χ4v) is 2.69. The van der Waals surface area contributed by atoms with Crippen molar-refractivity contribution in [2.75, 3.05) is 19.6 Å². The fraction of sp³-hybridized carbons (Fsp3) is 0.0952. The van der Waals surface area contributed by atoms with Crippen LogP contribution in [-0.4, -0.2) is 30.8 Å². The Kier molecular flexibility index (Phi) is 5.55. The molecule has 142 valence electrons. The number of rotatable bonds is 5. The molecule has 0 saturated heterocycles. The van der Waals surface area contributed by atoms with Crippen molar-refractivity contribution in [3.63, 3.8) is 0 Å². The summed E-state index contributed by atoms with van der Waals surface area (Å²) >= 11 is 0. The van der Waals surface area contributed by atoms with Crippen molar-refractivity contribution in [1.29, 1.82) is 0 Å². The second kappa shape index (κ2) is 8.22. The number of aromatic nitrogens is 1. The molecule has 2 aromatic carbocycles. The van der Waals surface area contributed by atoms with Crippen LogP contribution in [0, 0.1) is 0 Å². The molecular weight excluding hydrogens is 360 g/mol. The highest BCUT2D eigenvalue weighted by Gasteiger charge is 2.15. The first-order valence-corrected chi connectivity index (χ1v) is 8.39. The van der Waals surface area contributed by atoms with E-state index in [1.54, 1.807) is 61.7 Å². The van der Waals surface area contributed by atoms with Gasteiger partial charge in [0, 0.05) is 23.0 Å². The van der Waals surface area contributed by atoms with Crippen LogP contribution in [-0.2, 0) is 9.53 Å². The number of nitrogens with one attached hydrogen (secondary N) is 1. The number of carbonyl (C=O) groups is 2. The minimum atomic E-state index is -0.604. The monoisotopic (exact) mass is 378 g/mol. The van der Waals surface area contributed by atoms with E-state index in [9.17, 15) is 14.4 Å². The Morgan fingerprint density at radius 2 is 1.68 bits per heavy atom. The van der Waals surface area contributed by atoms with Gasteiger partial charge >= 0.3 is 5.97 Å². The maximum absolute atomic E-state index is 12.6. The molecule has 0 aliphatic rings. The molecule has 0 atom stereocenters. The van der Waals surface area contributed by atoms with Crippen LogP contribution in [0.25, 0.3) is 16.8 Å². The Bertz CT molecular complexity index is 1110. The summed E-state index contributed by atoms with van der Waals surface area (Å²) in [5, 5.41) is 0.753. The largest absolute Gasteiger partial charge is 0.497 e. The van der Waals surface area contributed by atoms with Crippen LogP contribution in [0.3, 0.4) is 0 Å². The van der Waals surface area contributed by atoms with E-state index in [1.165, 1.54) is 19.4 Å². The van der Waals surface area contributed by atoms with Gasteiger partial charge in [-0.2, -0.15) is 0 Å². The molecular formula is C21H18N2O5. The third-order valence-corrected chi connectivity index (χ3v) is 4.10. The molecule has 0 aliphatic heterocycles. The summed E-state index contributed by atoms with van der Waals surface area (Å²) in [5.74, 6) is -0.420. The summed E-state index contributed by atoms with van der Waals surface area (Å²) in [6, 6.07) is 13.8. The van der Waals surface area contributed by atoms with E-state index < -0.39 is 17.4 Å². The van der Waals surface area contributed by atoms with Crippen molar-refractivity contribution in [2.45, 2.75) is 0 Å². The summed E-state index contributed by atoms with van der Waals surface area (Å²) < 4.78 is 10.8. The maximum atomic E-state index is 12.6. The Morgan fingerprint density at radius 1 is 1.00 bits per heavy atom. The van der Waals surface area contributed by atoms with E-state index in [0.29, 0.717) is 16.5 Å². The molecule has 0 spiro atoms. The molecule has 0 unspecified atom stereocenters. The number of nitrogens with zero attached hydrogens (tertiary/aromatic N) is 1. The number of hydrogen-bond acceptors (Lipinski definition) is 5. The maximum Gasteiger partial charge on any atom is 0.340 e. The highest BCUT2D eigenvalue weighted by Crippen LogP contribution is 2.16. The van der Waals surface area contributed by atoms with E-state index in [1.807, 2.05) is 0 Å². The van der Waals surface area contributed by atoms with Crippen molar-refractivity contribution < 1.29 is 19.1 Å². The molecule has 28 heavy (non-hydrogen) atoms. The van der Waals surface area contributed by atoms with Crippen molar-refractivity contribution in [1.82, 2.24) is 4.68 Å². The fourth-order valence-electron chi connectivity index (χ4n) is 2.69. The first-order chi connectivity index (χ1) is 13.5. The molecule has 7 heteroatoms. The van der Waals surface area contributed by atoms with Crippen LogP contribution in [0.2, 0.25) is 0 Å². The lowest BCUT2D eigenvalue weighted by Crippen LogP contribution is -2.33. The minimum absolute atomic E-state index is 0.178. The summed E-state index contributed by atoms with van der Waals surface area (Å²) in [6.07, 6.45) is 4.15. The van der Waals surface area contributed by atoms with Gasteiger partial charge in [-0.05, 0) is 29.8 Å². The smallest absolute Gasteiger partial charge is 0.340 e. The Morgan fingerprint density at radius 3 is 2.32 bits per heavy atom. The number of esters is 1. The van der Waals surface area contributed by atoms with E-state index >= 15 is 0 Å². The number of benzene rings is 2. The van der Waals surface area contributed by atoms with Crippen LogP contribution in [0.1, 0.15) is 15.9 Å². The van der Waals surface area contributed by atoms with Crippen molar-refractivity contribution in [3.05, 3.63) is 82.3 Å². The number of methoxy groups -OCH3 is 2. The lowest BCUT2D eigenvalue weighted by atomic mass is 10.1. The van der Waals surface area contributed by atoms with Crippen LogP contribution in [0.5, 0.6) is 5.75 Å². The number of hydrogen-bond donors (Lipinski definition) is 1. The Hall–Kier alpha value is -3.87. The highest BCUT2D eigenvalue weighted by molar-refractivity contribution is 6.04. The van der Waals surface area contributed by atoms with Gasteiger partial charge in [-0.1, -0.05) is 30.3 Å². The summed E-state index contributed by atoms with van der Waals surface area (Å²) in [7, 11) is 2.82. The lowest BCUT2D eigenvalue weighted by Gasteiger charge is -2.11. The second-order valence-electron chi connectivity index (χ2n) is 5.84. The molecule has 3 aromatic rings. The first-order valence-electron chi connectivity index (χ1n) is 8.39. The average Bonchev–Trinajstić information content (AvgIpc) is 2.74. The SMILES string of the molecule is COC(=O)c1cn(NC(=O)C=Cc2ccc(OC)cc2)c(=O)c2ccccc12. The third-order valence-electron chi connectivity index (χ3n) is 4.10. The number of carbonyl (C=O) groups excluding carboxylic acids is 2. The van der Waals surface area contributed by atoms with Crippen molar-refractivity contribution in [3.8, 4) is 5.75 Å². The molecule has 7 nitrogen and oxygen atoms in total. The molecule has 1 aromatic heterocycles. The molecule has 0 radical (unpaired) electrons. The van der Waals surface area contributed by atoms with E-state index in [0.717, 1.165) is 10.2 Å². The molecule has 1 amide bonds. The summed E-state index contributed by atoms with van der Waals surface area (Å²) in [6.45, 7) is 0. The first kappa shape index (κ1) is 18.9. The molecule has 0 saturated carbocycles. The zero-order valence-corrected chi connectivity index (χ0v) is 15.3. The third kappa shape index (κ3) is 3.93. The highest BCUT2D eigenvalue weighted by atomic mass is 16.5. The van der Waals surface area contributed by atoms with E-state index in [2.05, 4.69) is 5.43 Å². The molecule has 0 fully saturated rings. The summed E-state index contributed by atoms with van der Waals surface area (Å²) in [4.78, 5) is 36.9. The van der Waals surface area contributed by atoms with E-state index in [4.69, 9.17) is 9.47 Å². The van der Waals surface area contributed by atoms with Crippen LogP contribution in [0.4, 0.5) is 0 Å². The number of fused-ring (bicyclic) bond motifs is 1. The van der Waals surface area contributed by atoms with E-state index in [-0.39, 0.29) is 5.56 Å². The predicted molar refractivity (Wildman–Crippen MR) is 106 cm³/mol. The van der Waals surface area contributed by atoms with Gasteiger partial charge < -0.3 is 9.47 Å². The Labute approximate surface area is 160 Å². The molecule has 0 bridgehead atoms. The summed E-state index contributed by atoms with van der Waals surface area (Å²) in [5.41, 5.74) is 2.98. The van der Waals surface area contributed by atoms with Gasteiger partial charge in [0.25, 0.3) is 11.5 Å². The topological polar surface area (TPSA) is 86.6 Å². The average molecular weight is 378 g/mol.